The van der Waals surface area contributed by atoms with E-state index in [4.69, 9.17) is 4.74 Å². The van der Waals surface area contributed by atoms with Gasteiger partial charge in [-0.2, -0.15) is 5.10 Å². The summed E-state index contributed by atoms with van der Waals surface area (Å²) in [5.41, 5.74) is 4.58. The molecular formula is C25H25N5O3. The van der Waals surface area contributed by atoms with Crippen LogP contribution in [0, 0.1) is 0 Å². The first-order valence-corrected chi connectivity index (χ1v) is 10.9. The third-order valence-electron chi connectivity index (χ3n) is 6.14. The fourth-order valence-corrected chi connectivity index (χ4v) is 4.16. The molecule has 3 heterocycles. The Morgan fingerprint density at radius 1 is 1.12 bits per heavy atom. The highest BCUT2D eigenvalue weighted by Gasteiger charge is 2.24. The molecule has 2 aliphatic heterocycles. The molecule has 0 radical (unpaired) electrons. The molecule has 0 atom stereocenters. The summed E-state index contributed by atoms with van der Waals surface area (Å²) in [7, 11) is 3.67. The number of hydrogen-bond donors (Lipinski definition) is 2. The number of piperazine rings is 1. The van der Waals surface area contributed by atoms with E-state index in [-0.39, 0.29) is 11.8 Å². The molecule has 0 spiro atoms. The number of nitrogens with one attached hydrogen (secondary N) is 2. The summed E-state index contributed by atoms with van der Waals surface area (Å²) in [6.07, 6.45) is 5.20. The van der Waals surface area contributed by atoms with Gasteiger partial charge in [0, 0.05) is 54.5 Å². The van der Waals surface area contributed by atoms with Crippen molar-refractivity contribution in [1.29, 1.82) is 0 Å². The molecule has 1 aromatic heterocycles. The van der Waals surface area contributed by atoms with Crippen LogP contribution in [0.5, 0.6) is 5.75 Å². The van der Waals surface area contributed by atoms with Gasteiger partial charge in [-0.1, -0.05) is 6.07 Å². The summed E-state index contributed by atoms with van der Waals surface area (Å²) in [5, 5.41) is 11.2. The predicted octanol–water partition coefficient (Wildman–Crippen LogP) is 2.85. The van der Waals surface area contributed by atoms with E-state index >= 15 is 0 Å². The van der Waals surface area contributed by atoms with Gasteiger partial charge in [-0.05, 0) is 55.1 Å². The quantitative estimate of drug-likeness (QED) is 0.605. The molecule has 5 rings (SSSR count). The molecule has 1 fully saturated rings. The van der Waals surface area contributed by atoms with Crippen LogP contribution >= 0.6 is 0 Å². The third-order valence-corrected chi connectivity index (χ3v) is 6.14. The molecule has 0 saturated carbocycles. The van der Waals surface area contributed by atoms with Gasteiger partial charge in [0.2, 0.25) is 5.91 Å². The Morgan fingerprint density at radius 3 is 2.73 bits per heavy atom. The number of amides is 2. The van der Waals surface area contributed by atoms with Crippen molar-refractivity contribution in [1.82, 2.24) is 20.0 Å². The average molecular weight is 444 g/mol. The van der Waals surface area contributed by atoms with E-state index in [1.807, 2.05) is 47.4 Å². The van der Waals surface area contributed by atoms with Crippen molar-refractivity contribution in [3.8, 4) is 5.75 Å². The molecule has 8 heteroatoms. The number of rotatable bonds is 4. The van der Waals surface area contributed by atoms with Gasteiger partial charge in [0.25, 0.3) is 5.91 Å². The Morgan fingerprint density at radius 2 is 1.94 bits per heavy atom. The van der Waals surface area contributed by atoms with Gasteiger partial charge in [0.05, 0.1) is 18.3 Å². The number of hydrogen-bond acceptors (Lipinski definition) is 5. The van der Waals surface area contributed by atoms with E-state index < -0.39 is 0 Å². The van der Waals surface area contributed by atoms with E-state index in [9.17, 15) is 9.59 Å². The Labute approximate surface area is 191 Å². The molecule has 0 unspecified atom stereocenters. The second kappa shape index (κ2) is 8.55. The summed E-state index contributed by atoms with van der Waals surface area (Å²) >= 11 is 0. The van der Waals surface area contributed by atoms with Crippen LogP contribution in [0.3, 0.4) is 0 Å². The topological polar surface area (TPSA) is 90.6 Å². The Balaban J connectivity index is 1.38. The number of carbonyl (C=O) groups is 2. The van der Waals surface area contributed by atoms with Crippen molar-refractivity contribution in [3.05, 3.63) is 59.3 Å². The number of nitrogens with zero attached hydrogens (tertiary/aromatic N) is 3. The molecule has 2 amide bonds. The second-order valence-electron chi connectivity index (χ2n) is 8.30. The largest absolute Gasteiger partial charge is 0.497 e. The van der Waals surface area contributed by atoms with E-state index in [2.05, 4.69) is 27.5 Å². The number of aromatic nitrogens is 2. The molecule has 0 bridgehead atoms. The zero-order chi connectivity index (χ0) is 22.9. The molecule has 2 aliphatic rings. The summed E-state index contributed by atoms with van der Waals surface area (Å²) in [4.78, 5) is 29.1. The van der Waals surface area contributed by atoms with Gasteiger partial charge < -0.3 is 19.9 Å². The predicted molar refractivity (Wildman–Crippen MR) is 129 cm³/mol. The molecule has 2 aromatic carbocycles. The fourth-order valence-electron chi connectivity index (χ4n) is 4.16. The van der Waals surface area contributed by atoms with Crippen LogP contribution in [0.2, 0.25) is 0 Å². The van der Waals surface area contributed by atoms with Crippen molar-refractivity contribution in [3.63, 3.8) is 0 Å². The van der Waals surface area contributed by atoms with Gasteiger partial charge in [0.15, 0.2) is 0 Å². The van der Waals surface area contributed by atoms with Gasteiger partial charge in [-0.25, -0.2) is 0 Å². The average Bonchev–Trinajstić information content (AvgIpc) is 3.37. The minimum Gasteiger partial charge on any atom is -0.497 e. The first kappa shape index (κ1) is 21.0. The third kappa shape index (κ3) is 4.12. The lowest BCUT2D eigenvalue weighted by atomic mass is 10.0. The molecule has 33 heavy (non-hydrogen) atoms. The number of likely N-dealkylation sites (N-methyl/N-ethyl adjacent to an activating group) is 1. The minimum absolute atomic E-state index is 0.00180. The van der Waals surface area contributed by atoms with E-state index in [0.717, 1.165) is 53.9 Å². The zero-order valence-electron chi connectivity index (χ0n) is 18.6. The molecule has 3 aromatic rings. The highest BCUT2D eigenvalue weighted by molar-refractivity contribution is 6.35. The minimum atomic E-state index is -0.144. The maximum atomic E-state index is 12.5. The monoisotopic (exact) mass is 443 g/mol. The highest BCUT2D eigenvalue weighted by Crippen LogP contribution is 2.36. The summed E-state index contributed by atoms with van der Waals surface area (Å²) < 4.78 is 5.30. The smallest absolute Gasteiger partial charge is 0.256 e. The number of ether oxygens (including phenoxy) is 1. The molecule has 0 aliphatic carbocycles. The lowest BCUT2D eigenvalue weighted by molar-refractivity contribution is -0.127. The van der Waals surface area contributed by atoms with Crippen LogP contribution in [0.25, 0.3) is 28.6 Å². The number of H-pyrrole nitrogens is 1. The first-order valence-electron chi connectivity index (χ1n) is 10.9. The summed E-state index contributed by atoms with van der Waals surface area (Å²) in [6.45, 7) is 3.25. The number of anilines is 1. The maximum absolute atomic E-state index is 12.5. The van der Waals surface area contributed by atoms with E-state index in [0.29, 0.717) is 17.0 Å². The lowest BCUT2D eigenvalue weighted by Gasteiger charge is -2.31. The molecular weight excluding hydrogens is 418 g/mol. The number of methoxy groups -OCH3 is 1. The fraction of sp³-hybridized carbons (Fsp3) is 0.240. The maximum Gasteiger partial charge on any atom is 0.256 e. The Hall–Kier alpha value is -3.91. The van der Waals surface area contributed by atoms with Crippen molar-refractivity contribution in [2.45, 2.75) is 0 Å². The Bertz CT molecular complexity index is 1300. The van der Waals surface area contributed by atoms with Gasteiger partial charge in [-0.15, -0.1) is 0 Å². The van der Waals surface area contributed by atoms with E-state index in [1.54, 1.807) is 19.3 Å². The van der Waals surface area contributed by atoms with Gasteiger partial charge >= 0.3 is 0 Å². The van der Waals surface area contributed by atoms with Crippen molar-refractivity contribution < 1.29 is 14.3 Å². The number of aromatic amines is 1. The van der Waals surface area contributed by atoms with E-state index in [1.165, 1.54) is 0 Å². The van der Waals surface area contributed by atoms with Gasteiger partial charge in [0.1, 0.15) is 5.75 Å². The number of carbonyl (C=O) groups excluding carboxylic acids is 2. The summed E-state index contributed by atoms with van der Waals surface area (Å²) in [5.74, 6) is 0.554. The SMILES string of the molecule is COc1ccc2c(c1)C(=Cc1ccc3c(/C=C/C(=O)N4CCN(C)CC4)n[nH]c3c1)C(=O)N2. The van der Waals surface area contributed by atoms with Crippen molar-refractivity contribution in [2.24, 2.45) is 0 Å². The normalized spacial score (nSPS) is 17.7. The second-order valence-corrected chi connectivity index (χ2v) is 8.30. The van der Waals surface area contributed by atoms with Crippen LogP contribution in [-0.2, 0) is 9.59 Å². The number of benzene rings is 2. The lowest BCUT2D eigenvalue weighted by Crippen LogP contribution is -2.46. The molecule has 8 nitrogen and oxygen atoms in total. The van der Waals surface area contributed by atoms with Crippen LogP contribution in [0.1, 0.15) is 16.8 Å². The van der Waals surface area contributed by atoms with Crippen LogP contribution in [0.15, 0.2) is 42.5 Å². The summed E-state index contributed by atoms with van der Waals surface area (Å²) in [6, 6.07) is 11.4. The van der Waals surface area contributed by atoms with Crippen LogP contribution < -0.4 is 10.1 Å². The molecule has 2 N–H and O–H groups in total. The first-order chi connectivity index (χ1) is 16.0. The standard InChI is InChI=1S/C25H25N5O3/c1-29-9-11-30(12-10-29)24(31)8-7-22-18-5-3-16(14-23(18)28-27-22)13-20-19-15-17(33-2)4-6-21(19)26-25(20)32/h3-8,13-15H,9-12H2,1-2H3,(H,26,32)(H,27,28)/b8-7+,20-13?. The van der Waals surface area contributed by atoms with Gasteiger partial charge in [-0.3, -0.25) is 14.7 Å². The van der Waals surface area contributed by atoms with Crippen LogP contribution in [-0.4, -0.2) is 72.1 Å². The Kier molecular flexibility index (Phi) is 5.43. The van der Waals surface area contributed by atoms with Crippen molar-refractivity contribution >= 4 is 46.1 Å². The highest BCUT2D eigenvalue weighted by atomic mass is 16.5. The zero-order valence-corrected chi connectivity index (χ0v) is 18.6. The number of fused-ring (bicyclic) bond motifs is 2. The van der Waals surface area contributed by atoms with Crippen molar-refractivity contribution in [2.75, 3.05) is 45.7 Å². The molecule has 1 saturated heterocycles. The molecule has 168 valence electrons. The van der Waals surface area contributed by atoms with Crippen LogP contribution in [0.4, 0.5) is 5.69 Å².